The van der Waals surface area contributed by atoms with Crippen LogP contribution in [0.15, 0.2) is 79.1 Å². The Morgan fingerprint density at radius 3 is 1.86 bits per heavy atom. The molecule has 3 aromatic rings. The van der Waals surface area contributed by atoms with Crippen molar-refractivity contribution in [2.24, 2.45) is 5.41 Å². The second-order valence-corrected chi connectivity index (χ2v) is 15.0. The van der Waals surface area contributed by atoms with Gasteiger partial charge in [-0.15, -0.1) is 0 Å². The number of aromatic nitrogens is 1. The predicted molar refractivity (Wildman–Crippen MR) is 208 cm³/mol. The van der Waals surface area contributed by atoms with E-state index in [0.717, 1.165) is 21.4 Å². The first-order valence-electron chi connectivity index (χ1n) is 18.7. The van der Waals surface area contributed by atoms with Crippen LogP contribution in [0.4, 0.5) is 8.78 Å². The third kappa shape index (κ3) is 18.3. The van der Waals surface area contributed by atoms with E-state index in [1.165, 1.54) is 24.5 Å². The van der Waals surface area contributed by atoms with E-state index in [-0.39, 0.29) is 29.4 Å². The average molecular weight is 800 g/mol. The summed E-state index contributed by atoms with van der Waals surface area (Å²) in [5.74, 6) is -7.17. The summed E-state index contributed by atoms with van der Waals surface area (Å²) in [7, 11) is 0. The predicted octanol–water partition coefficient (Wildman–Crippen LogP) is 3.27. The summed E-state index contributed by atoms with van der Waals surface area (Å²) in [5, 5.41) is 41.2. The van der Waals surface area contributed by atoms with Crippen LogP contribution in [0.3, 0.4) is 0 Å². The molecule has 0 saturated carbocycles. The summed E-state index contributed by atoms with van der Waals surface area (Å²) in [4.78, 5) is 62.7. The number of nitrogens with zero attached hydrogens (tertiary/aromatic N) is 1. The Morgan fingerprint density at radius 1 is 0.772 bits per heavy atom. The number of carboxylic acid groups (broad SMARTS) is 1. The summed E-state index contributed by atoms with van der Waals surface area (Å²) in [6.45, 7) is 10.5. The van der Waals surface area contributed by atoms with Crippen LogP contribution in [-0.2, 0) is 38.8 Å². The van der Waals surface area contributed by atoms with E-state index in [4.69, 9.17) is 5.11 Å². The van der Waals surface area contributed by atoms with Gasteiger partial charge < -0.3 is 36.8 Å². The summed E-state index contributed by atoms with van der Waals surface area (Å²) in [5.41, 5.74) is 2.66. The number of hydrogen-bond acceptors (Lipinski definition) is 8. The quantitative estimate of drug-likeness (QED) is 0.0660. The van der Waals surface area contributed by atoms with Crippen LogP contribution >= 0.6 is 0 Å². The summed E-state index contributed by atoms with van der Waals surface area (Å²) >= 11 is 0. The van der Waals surface area contributed by atoms with Crippen molar-refractivity contribution in [1.82, 2.24) is 26.6 Å². The largest absolute Gasteiger partial charge is 0.477 e. The molecule has 1 aromatic heterocycles. The third-order valence-corrected chi connectivity index (χ3v) is 8.51. The van der Waals surface area contributed by atoms with Crippen LogP contribution in [0, 0.1) is 5.41 Å². The fourth-order valence-electron chi connectivity index (χ4n) is 5.35. The zero-order chi connectivity index (χ0) is 42.8. The molecule has 4 atom stereocenters. The van der Waals surface area contributed by atoms with Crippen LogP contribution in [0.25, 0.3) is 0 Å². The van der Waals surface area contributed by atoms with Crippen LogP contribution in [0.5, 0.6) is 0 Å². The average Bonchev–Trinajstić information content (AvgIpc) is 3.15. The monoisotopic (exact) mass is 799 g/mol. The number of halogens is 2. The van der Waals surface area contributed by atoms with Crippen molar-refractivity contribution in [2.75, 3.05) is 6.54 Å². The number of aliphatic hydroxyl groups excluding tert-OH is 1. The van der Waals surface area contributed by atoms with Gasteiger partial charge in [-0.3, -0.25) is 24.4 Å². The molecule has 2 unspecified atom stereocenters. The number of alkyl halides is 2. The molecule has 0 spiro atoms. The van der Waals surface area contributed by atoms with Crippen LogP contribution in [0.1, 0.15) is 87.9 Å². The van der Waals surface area contributed by atoms with Gasteiger partial charge in [0.05, 0.1) is 18.2 Å². The molecule has 0 aliphatic carbocycles. The lowest BCUT2D eigenvalue weighted by Crippen LogP contribution is -2.57. The lowest BCUT2D eigenvalue weighted by molar-refractivity contribution is -0.904. The highest BCUT2D eigenvalue weighted by atomic mass is 19.3. The SMILES string of the molecule is CC(F)(F)C(=O)O.CCC[C@H](NC(=O)C(CC(C)(C)C)NC(=O)c1cc[n+](O)cc1)C(=O)NC(CN[C@@H](C)C(=O)NCc1ccc(CO)cc1)Cc1ccccc1. The normalized spacial score (nSPS) is 13.4. The second-order valence-electron chi connectivity index (χ2n) is 15.0. The van der Waals surface area contributed by atoms with Gasteiger partial charge in [-0.05, 0) is 48.3 Å². The number of amides is 4. The fourth-order valence-corrected chi connectivity index (χ4v) is 5.35. The first-order valence-corrected chi connectivity index (χ1v) is 18.7. The highest BCUT2D eigenvalue weighted by Gasteiger charge is 2.32. The van der Waals surface area contributed by atoms with E-state index in [0.29, 0.717) is 45.7 Å². The number of aliphatic carboxylic acids is 1. The van der Waals surface area contributed by atoms with Crippen LogP contribution in [-0.4, -0.2) is 81.7 Å². The lowest BCUT2D eigenvalue weighted by Gasteiger charge is -2.29. The van der Waals surface area contributed by atoms with E-state index in [9.17, 15) is 43.1 Å². The topological polar surface area (TPSA) is 210 Å². The minimum absolute atomic E-state index is 0.0444. The molecule has 0 saturated heterocycles. The first-order chi connectivity index (χ1) is 26.7. The smallest absolute Gasteiger partial charge is 0.374 e. The van der Waals surface area contributed by atoms with E-state index < -0.39 is 47.9 Å². The minimum Gasteiger partial charge on any atom is -0.477 e. The number of nitrogens with one attached hydrogen (secondary N) is 5. The number of pyridine rings is 1. The van der Waals surface area contributed by atoms with Gasteiger partial charge in [-0.1, -0.05) is 88.7 Å². The molecule has 0 radical (unpaired) electrons. The molecule has 8 N–H and O–H groups in total. The zero-order valence-electron chi connectivity index (χ0n) is 33.4. The van der Waals surface area contributed by atoms with Gasteiger partial charge in [0.25, 0.3) is 5.91 Å². The summed E-state index contributed by atoms with van der Waals surface area (Å²) in [6.07, 6.45) is 4.47. The Kier molecular flexibility index (Phi) is 19.2. The van der Waals surface area contributed by atoms with Crippen LogP contribution < -0.4 is 31.3 Å². The zero-order valence-corrected chi connectivity index (χ0v) is 33.4. The van der Waals surface area contributed by atoms with Crippen molar-refractivity contribution in [3.8, 4) is 0 Å². The van der Waals surface area contributed by atoms with E-state index in [2.05, 4.69) is 26.6 Å². The number of aliphatic hydroxyl groups is 1. The summed E-state index contributed by atoms with van der Waals surface area (Å²) < 4.78 is 23.3. The molecule has 14 nitrogen and oxygen atoms in total. The molecule has 0 fully saturated rings. The minimum atomic E-state index is -3.58. The number of carboxylic acids is 1. The van der Waals surface area contributed by atoms with Crippen molar-refractivity contribution in [2.45, 2.75) is 110 Å². The molecule has 57 heavy (non-hydrogen) atoms. The molecule has 1 heterocycles. The second kappa shape index (κ2) is 22.9. The highest BCUT2D eigenvalue weighted by Crippen LogP contribution is 2.21. The Labute approximate surface area is 332 Å². The van der Waals surface area contributed by atoms with Crippen molar-refractivity contribution in [3.05, 3.63) is 101 Å². The number of rotatable bonds is 19. The Bertz CT molecular complexity index is 1730. The molecular formula is C41H57F2N6O8+. The van der Waals surface area contributed by atoms with Crippen LogP contribution in [0.2, 0.25) is 0 Å². The van der Waals surface area contributed by atoms with Gasteiger partial charge in [-0.2, -0.15) is 8.78 Å². The van der Waals surface area contributed by atoms with Gasteiger partial charge >= 0.3 is 11.9 Å². The Morgan fingerprint density at radius 2 is 1.33 bits per heavy atom. The van der Waals surface area contributed by atoms with Crippen molar-refractivity contribution in [1.29, 1.82) is 0 Å². The van der Waals surface area contributed by atoms with Gasteiger partial charge in [0.2, 0.25) is 30.1 Å². The molecule has 312 valence electrons. The molecule has 3 rings (SSSR count). The lowest BCUT2D eigenvalue weighted by atomic mass is 9.87. The van der Waals surface area contributed by atoms with E-state index >= 15 is 0 Å². The van der Waals surface area contributed by atoms with Crippen molar-refractivity contribution < 1.29 is 52.9 Å². The summed E-state index contributed by atoms with van der Waals surface area (Å²) in [6, 6.07) is 17.2. The number of hydrogen-bond donors (Lipinski definition) is 8. The first kappa shape index (κ1) is 47.7. The maximum absolute atomic E-state index is 13.8. The van der Waals surface area contributed by atoms with Crippen molar-refractivity contribution in [3.63, 3.8) is 0 Å². The third-order valence-electron chi connectivity index (χ3n) is 8.51. The van der Waals surface area contributed by atoms with E-state index in [1.54, 1.807) is 6.92 Å². The Hall–Kier alpha value is -5.48. The molecule has 0 bridgehead atoms. The van der Waals surface area contributed by atoms with Gasteiger partial charge in [0, 0.05) is 42.9 Å². The highest BCUT2D eigenvalue weighted by molar-refractivity contribution is 5.98. The van der Waals surface area contributed by atoms with Crippen molar-refractivity contribution >= 4 is 29.6 Å². The molecule has 0 aliphatic rings. The van der Waals surface area contributed by atoms with Gasteiger partial charge in [-0.25, -0.2) is 4.79 Å². The standard InChI is InChI=1S/C38H52N6O6.C3H4F2O2/c1-6-10-32(42-37(49)33(22-38(3,4)5)43-35(47)30-17-19-44(50)20-18-30)36(48)41-31(21-27-11-8-7-9-12-27)24-39-26(2)34(46)40-23-28-13-15-29(25-45)16-14-28;1-3(4,5)2(6)7/h7-9,11-20,26,31-33,39,45H,6,10,21-25H2,1-5H3,(H4-,40,41,42,43,46,47,48,49,50);1H3,(H,6,7)/p+1/t26-,31?,32-,33?;/m0./s1. The fraction of sp³-hybridized carbons (Fsp3) is 0.463. The molecule has 2 aromatic carbocycles. The molecular weight excluding hydrogens is 742 g/mol. The number of carbonyl (C=O) groups is 5. The van der Waals surface area contributed by atoms with E-state index in [1.807, 2.05) is 82.3 Å². The number of carbonyl (C=O) groups excluding carboxylic acids is 4. The molecule has 4 amide bonds. The molecule has 16 heteroatoms. The van der Waals surface area contributed by atoms with Gasteiger partial charge in [0.15, 0.2) is 0 Å². The number of benzene rings is 2. The maximum atomic E-state index is 13.8. The maximum Gasteiger partial charge on any atom is 0.374 e. The molecule has 0 aliphatic heterocycles. The van der Waals surface area contributed by atoms with Gasteiger partial charge in [0.1, 0.15) is 12.1 Å². The Balaban J connectivity index is 0.00000146.